The number of hydrogen-bond donors (Lipinski definition) is 0. The topological polar surface area (TPSA) is 48.4 Å². The predicted octanol–water partition coefficient (Wildman–Crippen LogP) is 4.33. The second kappa shape index (κ2) is 6.47. The minimum Gasteiger partial charge on any atom is -0.477 e. The molecule has 0 bridgehead atoms. The maximum atomic E-state index is 14.6. The first kappa shape index (κ1) is 17.4. The second-order valence-electron chi connectivity index (χ2n) is 7.17. The SMILES string of the molecule is CCOC(=O)c1cc(-c2ccc(C)cc2F)c2c(n1)OCC(C)(C)C2. The zero-order valence-corrected chi connectivity index (χ0v) is 15.0. The van der Waals surface area contributed by atoms with Crippen LogP contribution in [0.1, 0.15) is 42.4 Å². The number of esters is 1. The largest absolute Gasteiger partial charge is 0.477 e. The van der Waals surface area contributed by atoms with E-state index in [2.05, 4.69) is 18.8 Å². The van der Waals surface area contributed by atoms with Gasteiger partial charge in [0.25, 0.3) is 0 Å². The average Bonchev–Trinajstić information content (AvgIpc) is 2.54. The Morgan fingerprint density at radius 1 is 1.32 bits per heavy atom. The van der Waals surface area contributed by atoms with Crippen LogP contribution in [0.15, 0.2) is 24.3 Å². The summed E-state index contributed by atoms with van der Waals surface area (Å²) in [6, 6.07) is 6.68. The summed E-state index contributed by atoms with van der Waals surface area (Å²) in [5, 5.41) is 0. The number of nitrogens with zero attached hydrogens (tertiary/aromatic N) is 1. The van der Waals surface area contributed by atoms with Gasteiger partial charge in [-0.05, 0) is 43.5 Å². The Morgan fingerprint density at radius 2 is 2.08 bits per heavy atom. The van der Waals surface area contributed by atoms with Crippen LogP contribution in [-0.2, 0) is 11.2 Å². The van der Waals surface area contributed by atoms with Crippen LogP contribution in [0.2, 0.25) is 0 Å². The van der Waals surface area contributed by atoms with Crippen molar-refractivity contribution in [3.05, 3.63) is 46.9 Å². The van der Waals surface area contributed by atoms with Crippen molar-refractivity contribution >= 4 is 5.97 Å². The van der Waals surface area contributed by atoms with E-state index in [1.165, 1.54) is 6.07 Å². The number of aryl methyl sites for hydroxylation is 1. The Balaban J connectivity index is 2.20. The lowest BCUT2D eigenvalue weighted by molar-refractivity contribution is 0.0517. The number of carbonyl (C=O) groups excluding carboxylic acids is 1. The quantitative estimate of drug-likeness (QED) is 0.778. The van der Waals surface area contributed by atoms with Gasteiger partial charge in [0.2, 0.25) is 5.88 Å². The minimum atomic E-state index is -0.535. The minimum absolute atomic E-state index is 0.0873. The molecular weight excluding hydrogens is 321 g/mol. The Morgan fingerprint density at radius 3 is 2.76 bits per heavy atom. The van der Waals surface area contributed by atoms with Crippen LogP contribution >= 0.6 is 0 Å². The molecule has 0 saturated heterocycles. The van der Waals surface area contributed by atoms with Gasteiger partial charge in [0, 0.05) is 16.5 Å². The third kappa shape index (κ3) is 3.50. The van der Waals surface area contributed by atoms with Crippen LogP contribution in [0.3, 0.4) is 0 Å². The third-order valence-corrected chi connectivity index (χ3v) is 4.24. The number of carbonyl (C=O) groups is 1. The van der Waals surface area contributed by atoms with E-state index in [1.807, 2.05) is 13.0 Å². The summed E-state index contributed by atoms with van der Waals surface area (Å²) in [6.07, 6.45) is 0.696. The molecular formula is C20H22FNO3. The Labute approximate surface area is 147 Å². The first-order chi connectivity index (χ1) is 11.8. The van der Waals surface area contributed by atoms with E-state index in [9.17, 15) is 9.18 Å². The van der Waals surface area contributed by atoms with Gasteiger partial charge in [-0.1, -0.05) is 26.0 Å². The number of benzene rings is 1. The molecule has 0 saturated carbocycles. The molecule has 1 aliphatic rings. The van der Waals surface area contributed by atoms with E-state index in [-0.39, 0.29) is 23.5 Å². The summed E-state index contributed by atoms with van der Waals surface area (Å²) in [6.45, 7) is 8.49. The summed E-state index contributed by atoms with van der Waals surface area (Å²) >= 11 is 0. The lowest BCUT2D eigenvalue weighted by atomic mass is 9.82. The van der Waals surface area contributed by atoms with Crippen LogP contribution in [0, 0.1) is 18.2 Å². The van der Waals surface area contributed by atoms with Crippen molar-refractivity contribution in [1.82, 2.24) is 4.98 Å². The lowest BCUT2D eigenvalue weighted by Crippen LogP contribution is -2.30. The number of fused-ring (bicyclic) bond motifs is 1. The van der Waals surface area contributed by atoms with Crippen LogP contribution in [0.25, 0.3) is 11.1 Å². The third-order valence-electron chi connectivity index (χ3n) is 4.24. The lowest BCUT2D eigenvalue weighted by Gasteiger charge is -2.32. The molecule has 0 radical (unpaired) electrons. The highest BCUT2D eigenvalue weighted by Crippen LogP contribution is 2.40. The van der Waals surface area contributed by atoms with Crippen molar-refractivity contribution in [2.24, 2.45) is 5.41 Å². The van der Waals surface area contributed by atoms with Crippen molar-refractivity contribution in [2.45, 2.75) is 34.1 Å². The first-order valence-electron chi connectivity index (χ1n) is 8.41. The van der Waals surface area contributed by atoms with E-state index in [0.717, 1.165) is 11.1 Å². The number of pyridine rings is 1. The zero-order valence-electron chi connectivity index (χ0n) is 15.0. The van der Waals surface area contributed by atoms with Gasteiger partial charge in [0.05, 0.1) is 13.2 Å². The smallest absolute Gasteiger partial charge is 0.357 e. The van der Waals surface area contributed by atoms with E-state index in [4.69, 9.17) is 9.47 Å². The van der Waals surface area contributed by atoms with E-state index < -0.39 is 5.97 Å². The van der Waals surface area contributed by atoms with Crippen LogP contribution in [0.4, 0.5) is 4.39 Å². The van der Waals surface area contributed by atoms with E-state index in [0.29, 0.717) is 30.0 Å². The Bertz CT molecular complexity index is 830. The summed E-state index contributed by atoms with van der Waals surface area (Å²) in [5.41, 5.74) is 2.79. The molecule has 2 heterocycles. The fraction of sp³-hybridized carbons (Fsp3) is 0.400. The molecule has 0 aliphatic carbocycles. The van der Waals surface area contributed by atoms with Crippen molar-refractivity contribution in [3.63, 3.8) is 0 Å². The van der Waals surface area contributed by atoms with E-state index >= 15 is 0 Å². The maximum Gasteiger partial charge on any atom is 0.357 e. The molecule has 1 aromatic carbocycles. The van der Waals surface area contributed by atoms with Crippen LogP contribution in [-0.4, -0.2) is 24.2 Å². The van der Waals surface area contributed by atoms with Gasteiger partial charge in [0.15, 0.2) is 5.69 Å². The number of halogens is 1. The summed E-state index contributed by atoms with van der Waals surface area (Å²) in [4.78, 5) is 16.5. The predicted molar refractivity (Wildman–Crippen MR) is 93.3 cm³/mol. The van der Waals surface area contributed by atoms with Crippen molar-refractivity contribution in [3.8, 4) is 17.0 Å². The summed E-state index contributed by atoms with van der Waals surface area (Å²) in [5.74, 6) is -0.473. The molecule has 4 nitrogen and oxygen atoms in total. The zero-order chi connectivity index (χ0) is 18.2. The molecule has 0 spiro atoms. The highest BCUT2D eigenvalue weighted by Gasteiger charge is 2.31. The standard InChI is InChI=1S/C20H22FNO3/c1-5-24-19(23)17-9-14(13-7-6-12(2)8-16(13)21)15-10-20(3,4)11-25-18(15)22-17/h6-9H,5,10-11H2,1-4H3. The molecule has 0 amide bonds. The molecule has 0 atom stereocenters. The molecule has 5 heteroatoms. The van der Waals surface area contributed by atoms with Gasteiger partial charge < -0.3 is 9.47 Å². The maximum absolute atomic E-state index is 14.6. The first-order valence-corrected chi connectivity index (χ1v) is 8.41. The molecule has 1 aliphatic heterocycles. The molecule has 25 heavy (non-hydrogen) atoms. The van der Waals surface area contributed by atoms with Gasteiger partial charge in [-0.3, -0.25) is 0 Å². The van der Waals surface area contributed by atoms with Gasteiger partial charge in [0.1, 0.15) is 5.82 Å². The van der Waals surface area contributed by atoms with Gasteiger partial charge in [-0.15, -0.1) is 0 Å². The fourth-order valence-electron chi connectivity index (χ4n) is 3.02. The van der Waals surface area contributed by atoms with Crippen molar-refractivity contribution in [1.29, 1.82) is 0 Å². The van der Waals surface area contributed by atoms with Crippen LogP contribution < -0.4 is 4.74 Å². The Hall–Kier alpha value is -2.43. The number of hydrogen-bond acceptors (Lipinski definition) is 4. The number of ether oxygens (including phenoxy) is 2. The molecule has 2 aromatic rings. The van der Waals surface area contributed by atoms with Crippen molar-refractivity contribution < 1.29 is 18.7 Å². The van der Waals surface area contributed by atoms with Gasteiger partial charge in [-0.25, -0.2) is 14.2 Å². The summed E-state index contributed by atoms with van der Waals surface area (Å²) in [7, 11) is 0. The van der Waals surface area contributed by atoms with Gasteiger partial charge >= 0.3 is 5.97 Å². The number of rotatable bonds is 3. The molecule has 0 N–H and O–H groups in total. The highest BCUT2D eigenvalue weighted by molar-refractivity contribution is 5.90. The molecule has 3 rings (SSSR count). The molecule has 132 valence electrons. The Kier molecular flexibility index (Phi) is 4.50. The summed E-state index contributed by atoms with van der Waals surface area (Å²) < 4.78 is 25.4. The van der Waals surface area contributed by atoms with Crippen molar-refractivity contribution in [2.75, 3.05) is 13.2 Å². The average molecular weight is 343 g/mol. The normalized spacial score (nSPS) is 15.2. The highest BCUT2D eigenvalue weighted by atomic mass is 19.1. The molecule has 1 aromatic heterocycles. The number of aromatic nitrogens is 1. The fourth-order valence-corrected chi connectivity index (χ4v) is 3.02. The van der Waals surface area contributed by atoms with Gasteiger partial charge in [-0.2, -0.15) is 0 Å². The molecule has 0 unspecified atom stereocenters. The second-order valence-corrected chi connectivity index (χ2v) is 7.17. The van der Waals surface area contributed by atoms with Crippen LogP contribution in [0.5, 0.6) is 5.88 Å². The molecule has 0 fully saturated rings. The van der Waals surface area contributed by atoms with E-state index in [1.54, 1.807) is 19.1 Å². The monoisotopic (exact) mass is 343 g/mol.